The van der Waals surface area contributed by atoms with Gasteiger partial charge in [-0.05, 0) is 30.5 Å². The Morgan fingerprint density at radius 3 is 2.35 bits per heavy atom. The van der Waals surface area contributed by atoms with Crippen LogP contribution in [0, 0.1) is 16.7 Å². The molecule has 4 nitrogen and oxygen atoms in total. The van der Waals surface area contributed by atoms with Crippen LogP contribution in [0.2, 0.25) is 0 Å². The maximum Gasteiger partial charge on any atom is 0.161 e. The van der Waals surface area contributed by atoms with Crippen LogP contribution in [0.3, 0.4) is 0 Å². The molecule has 1 saturated carbocycles. The van der Waals surface area contributed by atoms with Gasteiger partial charge < -0.3 is 14.6 Å². The van der Waals surface area contributed by atoms with Crippen molar-refractivity contribution in [3.8, 4) is 17.6 Å². The van der Waals surface area contributed by atoms with Gasteiger partial charge in [0.15, 0.2) is 11.5 Å². The molecule has 1 fully saturated rings. The van der Waals surface area contributed by atoms with Gasteiger partial charge in [-0.2, -0.15) is 5.26 Å². The van der Waals surface area contributed by atoms with E-state index in [9.17, 15) is 10.4 Å². The van der Waals surface area contributed by atoms with Gasteiger partial charge >= 0.3 is 0 Å². The topological polar surface area (TPSA) is 62.5 Å². The Labute approximate surface area is 119 Å². The zero-order valence-corrected chi connectivity index (χ0v) is 12.4. The van der Waals surface area contributed by atoms with Crippen LogP contribution in [-0.4, -0.2) is 25.4 Å². The van der Waals surface area contributed by atoms with Gasteiger partial charge in [0.1, 0.15) is 0 Å². The first-order chi connectivity index (χ1) is 9.42. The standard InChI is InChI=1S/C16H21NO3/c1-15(2)14(18)7-8-16(15,10-17)11-5-6-12(19-3)13(9-11)20-4/h5-6,9,14,18H,7-8H2,1-4H3/t14-,16+/m0/s1. The molecule has 20 heavy (non-hydrogen) atoms. The highest BCUT2D eigenvalue weighted by atomic mass is 16.5. The van der Waals surface area contributed by atoms with Crippen LogP contribution >= 0.6 is 0 Å². The van der Waals surface area contributed by atoms with Gasteiger partial charge in [-0.3, -0.25) is 0 Å². The third-order valence-electron chi connectivity index (χ3n) is 4.79. The molecule has 1 aromatic carbocycles. The number of aliphatic hydroxyl groups excluding tert-OH is 1. The van der Waals surface area contributed by atoms with E-state index >= 15 is 0 Å². The van der Waals surface area contributed by atoms with Crippen LogP contribution in [0.1, 0.15) is 32.3 Å². The Balaban J connectivity index is 2.57. The predicted octanol–water partition coefficient (Wildman–Crippen LogP) is 2.65. The molecule has 0 radical (unpaired) electrons. The van der Waals surface area contributed by atoms with Gasteiger partial charge in [-0.15, -0.1) is 0 Å². The molecule has 0 heterocycles. The van der Waals surface area contributed by atoms with Crippen molar-refractivity contribution >= 4 is 0 Å². The maximum atomic E-state index is 10.2. The molecule has 4 heteroatoms. The van der Waals surface area contributed by atoms with Crippen molar-refractivity contribution in [1.82, 2.24) is 0 Å². The zero-order chi connectivity index (χ0) is 15.0. The lowest BCUT2D eigenvalue weighted by Crippen LogP contribution is -2.41. The minimum Gasteiger partial charge on any atom is -0.493 e. The summed E-state index contributed by atoms with van der Waals surface area (Å²) in [7, 11) is 3.16. The summed E-state index contributed by atoms with van der Waals surface area (Å²) in [5, 5.41) is 20.0. The lowest BCUT2D eigenvalue weighted by molar-refractivity contribution is 0.0552. The summed E-state index contributed by atoms with van der Waals surface area (Å²) in [6.07, 6.45) is 0.803. The Hall–Kier alpha value is -1.73. The molecule has 1 aliphatic rings. The minimum absolute atomic E-state index is 0.477. The van der Waals surface area contributed by atoms with Gasteiger partial charge in [-0.1, -0.05) is 19.9 Å². The van der Waals surface area contributed by atoms with Crippen LogP contribution in [0.5, 0.6) is 11.5 Å². The van der Waals surface area contributed by atoms with E-state index in [4.69, 9.17) is 9.47 Å². The normalized spacial score (nSPS) is 27.9. The zero-order valence-electron chi connectivity index (χ0n) is 12.4. The molecule has 0 unspecified atom stereocenters. The smallest absolute Gasteiger partial charge is 0.161 e. The Bertz CT molecular complexity index is 547. The van der Waals surface area contributed by atoms with Crippen LogP contribution < -0.4 is 9.47 Å². The second-order valence-corrected chi connectivity index (χ2v) is 5.86. The van der Waals surface area contributed by atoms with Gasteiger partial charge in [0.05, 0.1) is 31.8 Å². The SMILES string of the molecule is COc1ccc([C@]2(C#N)CC[C@H](O)C2(C)C)cc1OC. The quantitative estimate of drug-likeness (QED) is 0.921. The second-order valence-electron chi connectivity index (χ2n) is 5.86. The largest absolute Gasteiger partial charge is 0.493 e. The van der Waals surface area contributed by atoms with E-state index in [0.29, 0.717) is 24.3 Å². The van der Waals surface area contributed by atoms with Crippen LogP contribution in [0.4, 0.5) is 0 Å². The van der Waals surface area contributed by atoms with E-state index in [-0.39, 0.29) is 0 Å². The molecule has 1 aliphatic carbocycles. The first-order valence-corrected chi connectivity index (χ1v) is 6.75. The van der Waals surface area contributed by atoms with Crippen molar-refractivity contribution in [3.63, 3.8) is 0 Å². The summed E-state index contributed by atoms with van der Waals surface area (Å²) >= 11 is 0. The monoisotopic (exact) mass is 275 g/mol. The van der Waals surface area contributed by atoms with E-state index in [1.54, 1.807) is 14.2 Å². The van der Waals surface area contributed by atoms with Crippen LogP contribution in [-0.2, 0) is 5.41 Å². The Morgan fingerprint density at radius 2 is 1.90 bits per heavy atom. The van der Waals surface area contributed by atoms with Gasteiger partial charge in [-0.25, -0.2) is 0 Å². The maximum absolute atomic E-state index is 10.2. The summed E-state index contributed by atoms with van der Waals surface area (Å²) in [6, 6.07) is 8.00. The fourth-order valence-corrected chi connectivity index (χ4v) is 3.20. The van der Waals surface area contributed by atoms with E-state index in [2.05, 4.69) is 6.07 Å². The summed E-state index contributed by atoms with van der Waals surface area (Å²) < 4.78 is 10.6. The van der Waals surface area contributed by atoms with E-state index in [1.807, 2.05) is 32.0 Å². The van der Waals surface area contributed by atoms with Crippen LogP contribution in [0.15, 0.2) is 18.2 Å². The highest BCUT2D eigenvalue weighted by Crippen LogP contribution is 2.54. The van der Waals surface area contributed by atoms with Crippen molar-refractivity contribution < 1.29 is 14.6 Å². The van der Waals surface area contributed by atoms with Crippen molar-refractivity contribution in [3.05, 3.63) is 23.8 Å². The highest BCUT2D eigenvalue weighted by molar-refractivity contribution is 5.49. The number of benzene rings is 1. The Morgan fingerprint density at radius 1 is 1.25 bits per heavy atom. The van der Waals surface area contributed by atoms with Crippen molar-refractivity contribution in [1.29, 1.82) is 5.26 Å². The van der Waals surface area contributed by atoms with Crippen molar-refractivity contribution in [2.24, 2.45) is 5.41 Å². The molecule has 0 aliphatic heterocycles. The fraction of sp³-hybridized carbons (Fsp3) is 0.562. The molecule has 108 valence electrons. The summed E-state index contributed by atoms with van der Waals surface area (Å²) in [4.78, 5) is 0. The third kappa shape index (κ3) is 1.85. The number of hydrogen-bond donors (Lipinski definition) is 1. The van der Waals surface area contributed by atoms with Crippen molar-refractivity contribution in [2.45, 2.75) is 38.2 Å². The average Bonchev–Trinajstić information content (AvgIpc) is 2.69. The fourth-order valence-electron chi connectivity index (χ4n) is 3.20. The molecule has 2 atom stereocenters. The first kappa shape index (κ1) is 14.7. The number of methoxy groups -OCH3 is 2. The predicted molar refractivity (Wildman–Crippen MR) is 75.9 cm³/mol. The third-order valence-corrected chi connectivity index (χ3v) is 4.79. The molecule has 0 aromatic heterocycles. The second kappa shape index (κ2) is 4.99. The van der Waals surface area contributed by atoms with E-state index < -0.39 is 16.9 Å². The van der Waals surface area contributed by atoms with E-state index in [1.165, 1.54) is 0 Å². The summed E-state index contributed by atoms with van der Waals surface area (Å²) in [5.74, 6) is 1.25. The molecule has 0 bridgehead atoms. The van der Waals surface area contributed by atoms with Gasteiger partial charge in [0.25, 0.3) is 0 Å². The molecule has 0 spiro atoms. The summed E-state index contributed by atoms with van der Waals surface area (Å²) in [5.41, 5.74) is -0.327. The van der Waals surface area contributed by atoms with Gasteiger partial charge in [0.2, 0.25) is 0 Å². The molecule has 1 aromatic rings. The van der Waals surface area contributed by atoms with E-state index in [0.717, 1.165) is 5.56 Å². The first-order valence-electron chi connectivity index (χ1n) is 6.75. The Kier molecular flexibility index (Phi) is 3.66. The molecule has 0 saturated heterocycles. The molecule has 1 N–H and O–H groups in total. The summed E-state index contributed by atoms with van der Waals surface area (Å²) in [6.45, 7) is 3.90. The number of ether oxygens (including phenoxy) is 2. The highest BCUT2D eigenvalue weighted by Gasteiger charge is 2.55. The molecule has 2 rings (SSSR count). The lowest BCUT2D eigenvalue weighted by Gasteiger charge is -2.38. The number of nitriles is 1. The molecular formula is C16H21NO3. The molecular weight excluding hydrogens is 254 g/mol. The van der Waals surface area contributed by atoms with Crippen molar-refractivity contribution in [2.75, 3.05) is 14.2 Å². The van der Waals surface area contributed by atoms with Crippen LogP contribution in [0.25, 0.3) is 0 Å². The minimum atomic E-state index is -0.702. The molecule has 0 amide bonds. The van der Waals surface area contributed by atoms with Gasteiger partial charge in [0, 0.05) is 5.41 Å². The number of rotatable bonds is 3. The average molecular weight is 275 g/mol. The number of aliphatic hydroxyl groups is 1. The lowest BCUT2D eigenvalue weighted by atomic mass is 9.64. The number of nitrogens with zero attached hydrogens (tertiary/aromatic N) is 1. The number of hydrogen-bond acceptors (Lipinski definition) is 4.